The van der Waals surface area contributed by atoms with Crippen LogP contribution in [0.5, 0.6) is 0 Å². The van der Waals surface area contributed by atoms with Crippen molar-refractivity contribution < 1.29 is 0 Å². The van der Waals surface area contributed by atoms with Gasteiger partial charge in [-0.15, -0.1) is 0 Å². The minimum Gasteiger partial charge on any atom is -0.360 e. The highest BCUT2D eigenvalue weighted by atomic mass is 15.2. The Balaban J connectivity index is 1.51. The fourth-order valence-electron chi connectivity index (χ4n) is 2.90. The number of hydrogen-bond acceptors (Lipinski definition) is 2. The normalized spacial score (nSPS) is 20.2. The van der Waals surface area contributed by atoms with E-state index in [9.17, 15) is 0 Å². The van der Waals surface area contributed by atoms with Crippen LogP contribution in [-0.4, -0.2) is 23.8 Å². The second kappa shape index (κ2) is 5.38. The van der Waals surface area contributed by atoms with Gasteiger partial charge in [0.15, 0.2) is 0 Å². The molecule has 2 heteroatoms. The Labute approximate surface area is 109 Å². The molecular weight excluding hydrogens is 220 g/mol. The van der Waals surface area contributed by atoms with Crippen molar-refractivity contribution in [1.82, 2.24) is 4.90 Å². The van der Waals surface area contributed by atoms with E-state index in [4.69, 9.17) is 0 Å². The number of hydrogen-bond donors (Lipinski definition) is 0. The van der Waals surface area contributed by atoms with Gasteiger partial charge in [0.25, 0.3) is 0 Å². The molecule has 1 saturated heterocycles. The molecule has 3 rings (SSSR count). The van der Waals surface area contributed by atoms with Crippen LogP contribution >= 0.6 is 0 Å². The summed E-state index contributed by atoms with van der Waals surface area (Å²) >= 11 is 0. The summed E-state index contributed by atoms with van der Waals surface area (Å²) in [6.07, 6.45) is 8.95. The molecule has 2 nitrogen and oxygen atoms in total. The first-order chi connectivity index (χ1) is 8.92. The SMILES string of the molecule is C1=CN=C(N2CCC(Cc3ccccc3)CC2)C1. The summed E-state index contributed by atoms with van der Waals surface area (Å²) in [6, 6.07) is 10.9. The molecule has 1 fully saturated rings. The average Bonchev–Trinajstić information content (AvgIpc) is 2.95. The van der Waals surface area contributed by atoms with Gasteiger partial charge < -0.3 is 4.90 Å². The van der Waals surface area contributed by atoms with Crippen LogP contribution in [0, 0.1) is 5.92 Å². The third-order valence-corrected chi connectivity index (χ3v) is 3.98. The van der Waals surface area contributed by atoms with Crippen molar-refractivity contribution in [2.24, 2.45) is 10.9 Å². The fraction of sp³-hybridized carbons (Fsp3) is 0.438. The monoisotopic (exact) mass is 240 g/mol. The number of rotatable bonds is 2. The van der Waals surface area contributed by atoms with Crippen molar-refractivity contribution in [2.75, 3.05) is 13.1 Å². The molecule has 0 unspecified atom stereocenters. The zero-order valence-electron chi connectivity index (χ0n) is 10.8. The Morgan fingerprint density at radius 1 is 1.11 bits per heavy atom. The van der Waals surface area contributed by atoms with Crippen LogP contribution in [0.15, 0.2) is 47.6 Å². The molecule has 94 valence electrons. The van der Waals surface area contributed by atoms with Gasteiger partial charge in [0.05, 0.1) is 0 Å². The Morgan fingerprint density at radius 2 is 1.89 bits per heavy atom. The second-order valence-corrected chi connectivity index (χ2v) is 5.25. The van der Waals surface area contributed by atoms with Crippen molar-refractivity contribution in [3.8, 4) is 0 Å². The van der Waals surface area contributed by atoms with Gasteiger partial charge in [0, 0.05) is 25.7 Å². The zero-order valence-corrected chi connectivity index (χ0v) is 10.8. The van der Waals surface area contributed by atoms with Gasteiger partial charge >= 0.3 is 0 Å². The lowest BCUT2D eigenvalue weighted by Crippen LogP contribution is -2.38. The van der Waals surface area contributed by atoms with E-state index in [2.05, 4.69) is 46.3 Å². The third-order valence-electron chi connectivity index (χ3n) is 3.98. The highest BCUT2D eigenvalue weighted by Crippen LogP contribution is 2.23. The summed E-state index contributed by atoms with van der Waals surface area (Å²) in [5, 5.41) is 0. The minimum atomic E-state index is 0.846. The molecule has 2 heterocycles. The van der Waals surface area contributed by atoms with Crippen LogP contribution in [0.3, 0.4) is 0 Å². The number of aliphatic imine (C=N–C) groups is 1. The first-order valence-electron chi connectivity index (χ1n) is 6.92. The third kappa shape index (κ3) is 2.63. The average molecular weight is 240 g/mol. The van der Waals surface area contributed by atoms with Crippen LogP contribution in [0.25, 0.3) is 0 Å². The topological polar surface area (TPSA) is 15.6 Å². The Hall–Kier alpha value is -1.57. The number of amidine groups is 1. The molecule has 0 aromatic heterocycles. The quantitative estimate of drug-likeness (QED) is 0.774. The van der Waals surface area contributed by atoms with Gasteiger partial charge in [-0.05, 0) is 30.7 Å². The molecule has 0 radical (unpaired) electrons. The lowest BCUT2D eigenvalue weighted by atomic mass is 9.90. The van der Waals surface area contributed by atoms with Gasteiger partial charge in [0.1, 0.15) is 5.84 Å². The van der Waals surface area contributed by atoms with E-state index in [-0.39, 0.29) is 0 Å². The van der Waals surface area contributed by atoms with Crippen molar-refractivity contribution in [3.05, 3.63) is 48.2 Å². The van der Waals surface area contributed by atoms with Gasteiger partial charge in [-0.25, -0.2) is 4.99 Å². The summed E-state index contributed by atoms with van der Waals surface area (Å²) in [4.78, 5) is 6.89. The molecule has 1 aromatic rings. The summed E-state index contributed by atoms with van der Waals surface area (Å²) < 4.78 is 0. The summed E-state index contributed by atoms with van der Waals surface area (Å²) in [6.45, 7) is 2.36. The van der Waals surface area contributed by atoms with E-state index in [1.54, 1.807) is 0 Å². The van der Waals surface area contributed by atoms with Crippen LogP contribution in [0.1, 0.15) is 24.8 Å². The van der Waals surface area contributed by atoms with Gasteiger partial charge in [-0.3, -0.25) is 0 Å². The predicted octanol–water partition coefficient (Wildman–Crippen LogP) is 3.26. The summed E-state index contributed by atoms with van der Waals surface area (Å²) in [5.41, 5.74) is 1.48. The molecule has 2 aliphatic heterocycles. The van der Waals surface area contributed by atoms with E-state index < -0.39 is 0 Å². The molecular formula is C16H20N2. The maximum Gasteiger partial charge on any atom is 0.108 e. The minimum absolute atomic E-state index is 0.846. The lowest BCUT2D eigenvalue weighted by molar-refractivity contribution is 0.263. The summed E-state index contributed by atoms with van der Waals surface area (Å²) in [7, 11) is 0. The Bertz CT molecular complexity index is 439. The van der Waals surface area contributed by atoms with Gasteiger partial charge in [0.2, 0.25) is 0 Å². The first-order valence-corrected chi connectivity index (χ1v) is 6.92. The van der Waals surface area contributed by atoms with Crippen LogP contribution in [0.4, 0.5) is 0 Å². The number of nitrogens with zero attached hydrogens (tertiary/aromatic N) is 2. The smallest absolute Gasteiger partial charge is 0.108 e. The Morgan fingerprint density at radius 3 is 2.56 bits per heavy atom. The van der Waals surface area contributed by atoms with Gasteiger partial charge in [-0.2, -0.15) is 0 Å². The van der Waals surface area contributed by atoms with Crippen LogP contribution in [0.2, 0.25) is 0 Å². The van der Waals surface area contributed by atoms with Crippen molar-refractivity contribution >= 4 is 5.84 Å². The van der Waals surface area contributed by atoms with Crippen molar-refractivity contribution in [3.63, 3.8) is 0 Å². The molecule has 1 aromatic carbocycles. The molecule has 0 aliphatic carbocycles. The van der Waals surface area contributed by atoms with E-state index in [1.165, 1.54) is 43.8 Å². The molecule has 0 amide bonds. The van der Waals surface area contributed by atoms with Crippen molar-refractivity contribution in [1.29, 1.82) is 0 Å². The van der Waals surface area contributed by atoms with E-state index in [1.807, 2.05) is 6.20 Å². The van der Waals surface area contributed by atoms with Crippen molar-refractivity contribution in [2.45, 2.75) is 25.7 Å². The highest BCUT2D eigenvalue weighted by Gasteiger charge is 2.21. The largest absolute Gasteiger partial charge is 0.360 e. The fourth-order valence-corrected chi connectivity index (χ4v) is 2.90. The maximum atomic E-state index is 4.43. The lowest BCUT2D eigenvalue weighted by Gasteiger charge is -2.33. The van der Waals surface area contributed by atoms with E-state index in [0.29, 0.717) is 0 Å². The van der Waals surface area contributed by atoms with Crippen LogP contribution < -0.4 is 0 Å². The highest BCUT2D eigenvalue weighted by molar-refractivity contribution is 5.86. The molecule has 0 saturated carbocycles. The molecule has 2 aliphatic rings. The Kier molecular flexibility index (Phi) is 3.44. The van der Waals surface area contributed by atoms with Crippen LogP contribution in [-0.2, 0) is 6.42 Å². The predicted molar refractivity (Wildman–Crippen MR) is 75.6 cm³/mol. The molecule has 0 N–H and O–H groups in total. The summed E-state index contributed by atoms with van der Waals surface area (Å²) in [5.74, 6) is 2.12. The first kappa shape index (κ1) is 11.5. The maximum absolute atomic E-state index is 4.43. The zero-order chi connectivity index (χ0) is 12.2. The second-order valence-electron chi connectivity index (χ2n) is 5.25. The van der Waals surface area contributed by atoms with E-state index >= 15 is 0 Å². The molecule has 0 bridgehead atoms. The standard InChI is InChI=1S/C16H20N2/c1-2-5-14(6-3-1)13-15-8-11-18(12-9-15)16-7-4-10-17-16/h1-6,10,15H,7-9,11-13H2. The van der Waals surface area contributed by atoms with E-state index in [0.717, 1.165) is 12.3 Å². The molecule has 0 spiro atoms. The molecule has 18 heavy (non-hydrogen) atoms. The number of likely N-dealkylation sites (tertiary alicyclic amines) is 1. The number of piperidine rings is 1. The molecule has 0 atom stereocenters. The van der Waals surface area contributed by atoms with Gasteiger partial charge in [-0.1, -0.05) is 36.4 Å². The number of benzene rings is 1.